The third-order valence-electron chi connectivity index (χ3n) is 0. The lowest BCUT2D eigenvalue weighted by Gasteiger charge is -1.68. The van der Waals surface area contributed by atoms with Crippen LogP contribution in [0.3, 0.4) is 0 Å². The molecule has 0 bridgehead atoms. The van der Waals surface area contributed by atoms with Gasteiger partial charge in [0.15, 0.2) is 0 Å². The Morgan fingerprint density at radius 2 is 1.17 bits per heavy atom. The molecule has 0 aliphatic rings. The molecule has 0 fully saturated rings. The molecule has 0 heterocycles. The Morgan fingerprint density at radius 3 is 1.17 bits per heavy atom. The quantitative estimate of drug-likeness (QED) is 0.434. The normalized spacial score (nSPS) is 9.67. The van der Waals surface area contributed by atoms with Gasteiger partial charge in [0.25, 0.3) is 0 Å². The molecule has 0 aliphatic carbocycles. The highest BCUT2D eigenvalue weighted by atomic mass is 32.3. The molecule has 2 N–H and O–H groups in total. The zero-order chi connectivity index (χ0) is 4.50. The summed E-state index contributed by atoms with van der Waals surface area (Å²) >= 11 is 0. The predicted octanol–water partition coefficient (Wildman–Crippen LogP) is -0.540. The van der Waals surface area contributed by atoms with Gasteiger partial charge in [-0.25, -0.2) is 0 Å². The van der Waals surface area contributed by atoms with Crippen LogP contribution in [0.5, 0.6) is 0 Å². The minimum absolute atomic E-state index is 0. The highest BCUT2D eigenvalue weighted by Gasteiger charge is 1.84. The van der Waals surface area contributed by atoms with E-state index in [1.807, 2.05) is 0 Å². The first-order valence-electron chi connectivity index (χ1n) is 0.698. The van der Waals surface area contributed by atoms with Crippen molar-refractivity contribution in [1.29, 1.82) is 0 Å². The molecule has 0 spiro atoms. The van der Waals surface area contributed by atoms with Crippen LogP contribution in [0.1, 0.15) is 0 Å². The van der Waals surface area contributed by atoms with Crippen LogP contribution in [-0.4, -0.2) is 17.5 Å². The van der Waals surface area contributed by atoms with E-state index in [1.165, 1.54) is 0 Å². The largest absolute Gasteiger partial charge is 0.394 e. The van der Waals surface area contributed by atoms with E-state index in [9.17, 15) is 0 Å². The molecule has 0 atom stereocenters. The van der Waals surface area contributed by atoms with Crippen LogP contribution < -0.4 is 0 Å². The van der Waals surface area contributed by atoms with Gasteiger partial charge in [-0.15, -0.1) is 0 Å². The molecular formula is H4O4S2. The second kappa shape index (κ2) is 2.40. The Balaban J connectivity index is 0. The van der Waals surface area contributed by atoms with Gasteiger partial charge in [0, 0.05) is 0 Å². The third kappa shape index (κ3) is 904. The fraction of sp³-hybridized carbons (Fsp3) is 0. The second-order valence-corrected chi connectivity index (χ2v) is 1.34. The Hall–Kier alpha value is 0.220. The molecule has 0 saturated heterocycles. The molecule has 0 radical (unpaired) electrons. The highest BCUT2D eigenvalue weighted by molar-refractivity contribution is 7.79. The van der Waals surface area contributed by atoms with Crippen molar-refractivity contribution in [1.82, 2.24) is 0 Å². The van der Waals surface area contributed by atoms with Crippen molar-refractivity contribution in [3.63, 3.8) is 0 Å². The van der Waals surface area contributed by atoms with E-state index in [2.05, 4.69) is 0 Å². The van der Waals surface area contributed by atoms with Crippen molar-refractivity contribution in [2.75, 3.05) is 0 Å². The van der Waals surface area contributed by atoms with Crippen LogP contribution in [-0.2, 0) is 10.4 Å². The van der Waals surface area contributed by atoms with Gasteiger partial charge in [0.2, 0.25) is 0 Å². The van der Waals surface area contributed by atoms with Gasteiger partial charge < -0.3 is 0 Å². The van der Waals surface area contributed by atoms with Crippen molar-refractivity contribution in [2.24, 2.45) is 0 Å². The van der Waals surface area contributed by atoms with Gasteiger partial charge in [-0.1, -0.05) is 0 Å². The second-order valence-electron chi connectivity index (χ2n) is 0.448. The molecule has 0 aliphatic heterocycles. The van der Waals surface area contributed by atoms with Crippen molar-refractivity contribution >= 4 is 23.9 Å². The van der Waals surface area contributed by atoms with E-state index in [-0.39, 0.29) is 13.5 Å². The minimum atomic E-state index is -4.67. The van der Waals surface area contributed by atoms with E-state index in [0.717, 1.165) is 0 Å². The van der Waals surface area contributed by atoms with Gasteiger partial charge in [-0.3, -0.25) is 9.11 Å². The summed E-state index contributed by atoms with van der Waals surface area (Å²) < 4.78 is 31.6. The third-order valence-corrected chi connectivity index (χ3v) is 0. The lowest BCUT2D eigenvalue weighted by atomic mass is 15.8. The molecule has 0 rings (SSSR count). The van der Waals surface area contributed by atoms with Gasteiger partial charge in [-0.05, 0) is 0 Å². The summed E-state index contributed by atoms with van der Waals surface area (Å²) in [6.07, 6.45) is 0. The molecule has 6 heavy (non-hydrogen) atoms. The molecule has 6 heteroatoms. The average molecular weight is 132 g/mol. The highest BCUT2D eigenvalue weighted by Crippen LogP contribution is 1.59. The maximum atomic E-state index is 8.74. The zero-order valence-electron chi connectivity index (χ0n) is 2.62. The summed E-state index contributed by atoms with van der Waals surface area (Å²) in [4.78, 5) is 0. The van der Waals surface area contributed by atoms with Crippen molar-refractivity contribution in [2.45, 2.75) is 0 Å². The predicted molar refractivity (Wildman–Crippen MR) is 24.6 cm³/mol. The molecule has 0 unspecified atom stereocenters. The Labute approximate surface area is 42.2 Å². The minimum Gasteiger partial charge on any atom is -0.264 e. The smallest absolute Gasteiger partial charge is 0.264 e. The SMILES string of the molecule is O=S(=O)(O)O.S. The maximum Gasteiger partial charge on any atom is 0.394 e. The van der Waals surface area contributed by atoms with Gasteiger partial charge in [-0.2, -0.15) is 21.9 Å². The van der Waals surface area contributed by atoms with Gasteiger partial charge in [0.05, 0.1) is 0 Å². The molecule has 0 saturated carbocycles. The molecular weight excluding hydrogens is 128 g/mol. The fourth-order valence-electron chi connectivity index (χ4n) is 0. The Morgan fingerprint density at radius 1 is 1.17 bits per heavy atom. The van der Waals surface area contributed by atoms with Crippen LogP contribution in [0.2, 0.25) is 0 Å². The van der Waals surface area contributed by atoms with Crippen LogP contribution in [0.4, 0.5) is 0 Å². The molecule has 0 aromatic rings. The average Bonchev–Trinajstić information content (AvgIpc) is 0.722. The Bertz CT molecular complexity index is 88.7. The summed E-state index contributed by atoms with van der Waals surface area (Å²) in [6, 6.07) is 0. The molecule has 0 amide bonds. The lowest BCUT2D eigenvalue weighted by Crippen LogP contribution is -1.89. The monoisotopic (exact) mass is 132 g/mol. The summed E-state index contributed by atoms with van der Waals surface area (Å²) in [5, 5.41) is 0. The first kappa shape index (κ1) is 9.52. The topological polar surface area (TPSA) is 74.6 Å². The summed E-state index contributed by atoms with van der Waals surface area (Å²) in [7, 11) is -4.67. The number of hydrogen-bond donors (Lipinski definition) is 2. The molecule has 0 aromatic carbocycles. The summed E-state index contributed by atoms with van der Waals surface area (Å²) in [6.45, 7) is 0. The van der Waals surface area contributed by atoms with Gasteiger partial charge >= 0.3 is 10.4 Å². The van der Waals surface area contributed by atoms with E-state index >= 15 is 0 Å². The standard InChI is InChI=1S/H2O4S.H2S/c1-5(2,3)4;/h(H2,1,2,3,4);1H2. The molecule has 0 aromatic heterocycles. The first-order chi connectivity index (χ1) is 2.00. The summed E-state index contributed by atoms with van der Waals surface area (Å²) in [5.41, 5.74) is 0. The van der Waals surface area contributed by atoms with Crippen LogP contribution in [0, 0.1) is 0 Å². The Kier molecular flexibility index (Phi) is 3.81. The number of rotatable bonds is 0. The van der Waals surface area contributed by atoms with E-state index in [1.54, 1.807) is 0 Å². The molecule has 4 nitrogen and oxygen atoms in total. The van der Waals surface area contributed by atoms with Crippen molar-refractivity contribution < 1.29 is 17.5 Å². The maximum absolute atomic E-state index is 8.74. The zero-order valence-corrected chi connectivity index (χ0v) is 4.44. The number of hydrogen-bond acceptors (Lipinski definition) is 2. The first-order valence-corrected chi connectivity index (χ1v) is 2.10. The van der Waals surface area contributed by atoms with Crippen LogP contribution >= 0.6 is 13.5 Å². The molecule has 40 valence electrons. The van der Waals surface area contributed by atoms with E-state index in [0.29, 0.717) is 0 Å². The van der Waals surface area contributed by atoms with E-state index < -0.39 is 10.4 Å². The van der Waals surface area contributed by atoms with Crippen molar-refractivity contribution in [3.05, 3.63) is 0 Å². The van der Waals surface area contributed by atoms with Gasteiger partial charge in [0.1, 0.15) is 0 Å². The summed E-state index contributed by atoms with van der Waals surface area (Å²) in [5.74, 6) is 0. The fourth-order valence-corrected chi connectivity index (χ4v) is 0. The van der Waals surface area contributed by atoms with Crippen LogP contribution in [0.15, 0.2) is 0 Å². The lowest BCUT2D eigenvalue weighted by molar-refractivity contribution is 0.381. The van der Waals surface area contributed by atoms with Crippen LogP contribution in [0.25, 0.3) is 0 Å². The van der Waals surface area contributed by atoms with E-state index in [4.69, 9.17) is 17.5 Å². The van der Waals surface area contributed by atoms with Crippen molar-refractivity contribution in [3.8, 4) is 0 Å².